The second-order valence-electron chi connectivity index (χ2n) is 2.08. The Balaban J connectivity index is 2.32. The molecule has 0 aromatic rings. The number of hydrogen-bond acceptors (Lipinski definition) is 6. The number of nitrogens with zero attached hydrogens (tertiary/aromatic N) is 2. The van der Waals surface area contributed by atoms with Gasteiger partial charge in [-0.3, -0.25) is 4.79 Å². The highest BCUT2D eigenvalue weighted by Gasteiger charge is 2.58. The summed E-state index contributed by atoms with van der Waals surface area (Å²) < 4.78 is 29.3. The smallest absolute Gasteiger partial charge is 0.264 e. The van der Waals surface area contributed by atoms with Crippen LogP contribution >= 0.6 is 0 Å². The van der Waals surface area contributed by atoms with Gasteiger partial charge in [-0.25, -0.2) is 0 Å². The van der Waals surface area contributed by atoms with E-state index in [4.69, 9.17) is 0 Å². The van der Waals surface area contributed by atoms with Crippen LogP contribution in [-0.4, -0.2) is 20.1 Å². The molecule has 0 unspecified atom stereocenters. The minimum atomic E-state index is -4.00. The monoisotopic (exact) mass is 190 g/mol. The second-order valence-corrected chi connectivity index (χ2v) is 3.23. The lowest BCUT2D eigenvalue weighted by molar-refractivity contribution is -0.176. The molecule has 1 spiro atoms. The third-order valence-corrected chi connectivity index (χ3v) is 2.16. The molecule has 0 aromatic carbocycles. The number of hydrogen-bond donors (Lipinski definition) is 0. The van der Waals surface area contributed by atoms with Crippen molar-refractivity contribution in [3.05, 3.63) is 12.3 Å². The Kier molecular flexibility index (Phi) is 1.24. The molecule has 64 valence electrons. The van der Waals surface area contributed by atoms with Crippen molar-refractivity contribution in [3.8, 4) is 0 Å². The highest BCUT2D eigenvalue weighted by molar-refractivity contribution is 7.83. The van der Waals surface area contributed by atoms with Crippen LogP contribution < -0.4 is 0 Å². The summed E-state index contributed by atoms with van der Waals surface area (Å²) in [7, 11) is -4.00. The van der Waals surface area contributed by atoms with Crippen LogP contribution in [0, 0.1) is 0 Å². The van der Waals surface area contributed by atoms with E-state index in [1.165, 1.54) is 0 Å². The molecule has 2 heterocycles. The number of azo groups is 1. The third-order valence-electron chi connectivity index (χ3n) is 1.26. The van der Waals surface area contributed by atoms with Gasteiger partial charge in [0.05, 0.1) is 6.20 Å². The van der Waals surface area contributed by atoms with Gasteiger partial charge in [0.2, 0.25) is 0 Å². The molecule has 0 bridgehead atoms. The molecule has 0 radical (unpaired) electrons. The van der Waals surface area contributed by atoms with Crippen LogP contribution in [0.3, 0.4) is 0 Å². The van der Waals surface area contributed by atoms with Crippen molar-refractivity contribution in [1.82, 2.24) is 0 Å². The predicted octanol–water partition coefficient (Wildman–Crippen LogP) is -0.520. The highest BCUT2D eigenvalue weighted by atomic mass is 32.3. The molecule has 0 N–H and O–H groups in total. The Bertz CT molecular complexity index is 382. The lowest BCUT2D eigenvalue weighted by atomic mass is 10.2. The molecule has 1 saturated heterocycles. The zero-order chi connectivity index (χ0) is 8.82. The maximum atomic E-state index is 10.9. The van der Waals surface area contributed by atoms with Gasteiger partial charge in [0.25, 0.3) is 0 Å². The molecule has 12 heavy (non-hydrogen) atoms. The topological polar surface area (TPSA) is 94.4 Å². The zero-order valence-corrected chi connectivity index (χ0v) is 6.32. The van der Waals surface area contributed by atoms with E-state index in [0.717, 1.165) is 12.3 Å². The van der Waals surface area contributed by atoms with Crippen molar-refractivity contribution in [2.45, 2.75) is 5.79 Å². The number of carbonyl (C=O) groups is 1. The van der Waals surface area contributed by atoms with E-state index < -0.39 is 22.1 Å². The van der Waals surface area contributed by atoms with Gasteiger partial charge in [0, 0.05) is 6.08 Å². The summed E-state index contributed by atoms with van der Waals surface area (Å²) in [6.07, 6.45) is 2.19. The van der Waals surface area contributed by atoms with E-state index >= 15 is 0 Å². The first kappa shape index (κ1) is 7.53. The number of carbonyl (C=O) groups excluding carboxylic acids is 1. The largest absolute Gasteiger partial charge is 0.406 e. The zero-order valence-electron chi connectivity index (χ0n) is 5.50. The molecule has 8 heteroatoms. The van der Waals surface area contributed by atoms with E-state index in [1.807, 2.05) is 0 Å². The van der Waals surface area contributed by atoms with Crippen LogP contribution in [0.1, 0.15) is 0 Å². The van der Waals surface area contributed by atoms with Crippen LogP contribution in [0.25, 0.3) is 0 Å². The molecule has 0 saturated carbocycles. The van der Waals surface area contributed by atoms with Crippen LogP contribution in [0.15, 0.2) is 22.5 Å². The maximum Gasteiger partial charge on any atom is 0.406 e. The van der Waals surface area contributed by atoms with Gasteiger partial charge in [0.1, 0.15) is 0 Å². The Morgan fingerprint density at radius 1 is 1.42 bits per heavy atom. The van der Waals surface area contributed by atoms with E-state index in [-0.39, 0.29) is 0 Å². The normalized spacial score (nSPS) is 28.8. The first-order valence-electron chi connectivity index (χ1n) is 2.83. The summed E-state index contributed by atoms with van der Waals surface area (Å²) in [6.45, 7) is 0. The standard InChI is InChI=1S/C4H2N2O5S/c7-3-4(1-2-5-6-3)10-12(8,9)11-4/h1-2H. The summed E-state index contributed by atoms with van der Waals surface area (Å²) in [6, 6.07) is 0. The first-order chi connectivity index (χ1) is 5.54. The average Bonchev–Trinajstić information content (AvgIpc) is 1.91. The predicted molar refractivity (Wildman–Crippen MR) is 32.8 cm³/mol. The maximum absolute atomic E-state index is 10.9. The molecule has 1 fully saturated rings. The lowest BCUT2D eigenvalue weighted by Gasteiger charge is -2.33. The molecule has 2 rings (SSSR count). The molecule has 0 aliphatic carbocycles. The summed E-state index contributed by atoms with van der Waals surface area (Å²) in [5.41, 5.74) is 0. The molecular formula is C4H2N2O5S. The number of rotatable bonds is 0. The van der Waals surface area contributed by atoms with Gasteiger partial charge in [-0.2, -0.15) is 21.9 Å². The fourth-order valence-electron chi connectivity index (χ4n) is 0.795. The lowest BCUT2D eigenvalue weighted by Crippen LogP contribution is -2.54. The highest BCUT2D eigenvalue weighted by Crippen LogP contribution is 2.34. The van der Waals surface area contributed by atoms with Crippen LogP contribution in [0.5, 0.6) is 0 Å². The van der Waals surface area contributed by atoms with E-state index in [0.29, 0.717) is 0 Å². The minimum absolute atomic E-state index is 0.889. The molecule has 1 amide bonds. The summed E-state index contributed by atoms with van der Waals surface area (Å²) >= 11 is 0. The molecule has 0 atom stereocenters. The Labute approximate surface area is 67.0 Å². The molecular weight excluding hydrogens is 188 g/mol. The van der Waals surface area contributed by atoms with E-state index in [1.54, 1.807) is 0 Å². The quantitative estimate of drug-likeness (QED) is 0.512. The molecule has 2 aliphatic heterocycles. The third kappa shape index (κ3) is 0.891. The Hall–Kier alpha value is -1.12. The van der Waals surface area contributed by atoms with Crippen LogP contribution in [-0.2, 0) is 23.6 Å². The summed E-state index contributed by atoms with van der Waals surface area (Å²) in [4.78, 5) is 10.9. The molecule has 2 aliphatic rings. The average molecular weight is 190 g/mol. The summed E-state index contributed by atoms with van der Waals surface area (Å²) in [5.74, 6) is -2.76. The van der Waals surface area contributed by atoms with Gasteiger partial charge in [-0.15, -0.1) is 5.11 Å². The van der Waals surface area contributed by atoms with Crippen LogP contribution in [0.2, 0.25) is 0 Å². The van der Waals surface area contributed by atoms with Crippen LogP contribution in [0.4, 0.5) is 0 Å². The SMILES string of the molecule is O=C1N=NC=CC12OS(=O)(=O)O2. The fourth-order valence-corrected chi connectivity index (χ4v) is 1.67. The van der Waals surface area contributed by atoms with Crippen molar-refractivity contribution in [3.63, 3.8) is 0 Å². The van der Waals surface area contributed by atoms with E-state index in [9.17, 15) is 13.2 Å². The van der Waals surface area contributed by atoms with Gasteiger partial charge >= 0.3 is 22.1 Å². The van der Waals surface area contributed by atoms with Gasteiger partial charge in [-0.1, -0.05) is 0 Å². The van der Waals surface area contributed by atoms with Crippen molar-refractivity contribution in [2.24, 2.45) is 10.2 Å². The fraction of sp³-hybridized carbons (Fsp3) is 0.250. The van der Waals surface area contributed by atoms with Crippen molar-refractivity contribution >= 4 is 16.3 Å². The molecule has 0 aromatic heterocycles. The van der Waals surface area contributed by atoms with Gasteiger partial charge in [0.15, 0.2) is 0 Å². The van der Waals surface area contributed by atoms with E-state index in [2.05, 4.69) is 18.6 Å². The van der Waals surface area contributed by atoms with Crippen molar-refractivity contribution in [1.29, 1.82) is 0 Å². The molecule has 7 nitrogen and oxygen atoms in total. The first-order valence-corrected chi connectivity index (χ1v) is 4.17. The van der Waals surface area contributed by atoms with Gasteiger partial charge in [-0.05, 0) is 0 Å². The van der Waals surface area contributed by atoms with Crippen molar-refractivity contribution in [2.75, 3.05) is 0 Å². The number of amides is 1. The minimum Gasteiger partial charge on any atom is -0.264 e. The summed E-state index contributed by atoms with van der Waals surface area (Å²) in [5, 5.41) is 6.28. The van der Waals surface area contributed by atoms with Crippen molar-refractivity contribution < 1.29 is 21.6 Å². The second kappa shape index (κ2) is 1.97. The van der Waals surface area contributed by atoms with Gasteiger partial charge < -0.3 is 0 Å². The Morgan fingerprint density at radius 3 is 2.58 bits per heavy atom. The Morgan fingerprint density at radius 2 is 2.08 bits per heavy atom.